The van der Waals surface area contributed by atoms with Gasteiger partial charge in [-0.3, -0.25) is 4.79 Å². The molecule has 2 heterocycles. The van der Waals surface area contributed by atoms with Crippen molar-refractivity contribution in [3.8, 4) is 6.07 Å². The van der Waals surface area contributed by atoms with Crippen LogP contribution in [0.4, 0.5) is 5.00 Å². The van der Waals surface area contributed by atoms with E-state index in [1.165, 1.54) is 10.4 Å². The third kappa shape index (κ3) is 2.38. The number of fused-ring (bicyclic) bond motifs is 1. The van der Waals surface area contributed by atoms with Crippen LogP contribution in [0.15, 0.2) is 0 Å². The molecule has 0 saturated carbocycles. The second-order valence-corrected chi connectivity index (χ2v) is 6.27. The summed E-state index contributed by atoms with van der Waals surface area (Å²) in [5.74, 6) is 0.0103. The molecule has 0 spiro atoms. The van der Waals surface area contributed by atoms with Gasteiger partial charge in [0.25, 0.3) is 0 Å². The molecule has 1 atom stereocenters. The molecule has 0 bridgehead atoms. The zero-order chi connectivity index (χ0) is 13.2. The summed E-state index contributed by atoms with van der Waals surface area (Å²) in [6.45, 7) is 0.907. The molecule has 19 heavy (non-hydrogen) atoms. The zero-order valence-electron chi connectivity index (χ0n) is 10.8. The van der Waals surface area contributed by atoms with Gasteiger partial charge in [0, 0.05) is 4.88 Å². The van der Waals surface area contributed by atoms with Crippen molar-refractivity contribution in [2.75, 3.05) is 11.9 Å². The highest BCUT2D eigenvalue weighted by molar-refractivity contribution is 7.16. The number of hydrogen-bond donors (Lipinski definition) is 2. The molecule has 0 aromatic carbocycles. The first-order valence-corrected chi connectivity index (χ1v) is 7.70. The SMILES string of the molecule is N#Cc1c(NC(=O)[C@H]2CCCCN2)sc2c1CCC2. The van der Waals surface area contributed by atoms with Crippen molar-refractivity contribution in [1.29, 1.82) is 5.26 Å². The Balaban J connectivity index is 1.76. The van der Waals surface area contributed by atoms with E-state index in [4.69, 9.17) is 0 Å². The molecule has 1 aromatic heterocycles. The normalized spacial score (nSPS) is 21.7. The van der Waals surface area contributed by atoms with Crippen LogP contribution in [0.1, 0.15) is 41.7 Å². The third-order valence-electron chi connectivity index (χ3n) is 3.90. The van der Waals surface area contributed by atoms with Gasteiger partial charge in [-0.15, -0.1) is 11.3 Å². The standard InChI is InChI=1S/C14H17N3OS/c15-8-10-9-4-3-6-12(9)19-14(10)17-13(18)11-5-1-2-7-16-11/h11,16H,1-7H2,(H,17,18)/t11-/m1/s1. The van der Waals surface area contributed by atoms with Crippen molar-refractivity contribution in [2.45, 2.75) is 44.6 Å². The van der Waals surface area contributed by atoms with Crippen LogP contribution in [0.25, 0.3) is 0 Å². The number of carbonyl (C=O) groups excluding carboxylic acids is 1. The lowest BCUT2D eigenvalue weighted by atomic mass is 10.0. The predicted molar refractivity (Wildman–Crippen MR) is 75.3 cm³/mol. The van der Waals surface area contributed by atoms with Crippen molar-refractivity contribution < 1.29 is 4.79 Å². The van der Waals surface area contributed by atoms with Gasteiger partial charge in [-0.05, 0) is 44.2 Å². The first kappa shape index (κ1) is 12.6. The highest BCUT2D eigenvalue weighted by atomic mass is 32.1. The number of nitrogens with one attached hydrogen (secondary N) is 2. The Kier molecular flexibility index (Phi) is 3.54. The number of nitrogens with zero attached hydrogens (tertiary/aromatic N) is 1. The number of anilines is 1. The van der Waals surface area contributed by atoms with Gasteiger partial charge in [0.1, 0.15) is 11.1 Å². The quantitative estimate of drug-likeness (QED) is 0.869. The highest BCUT2D eigenvalue weighted by Gasteiger charge is 2.26. The van der Waals surface area contributed by atoms with Crippen molar-refractivity contribution >= 4 is 22.2 Å². The average molecular weight is 275 g/mol. The molecule has 4 nitrogen and oxygen atoms in total. The molecule has 2 N–H and O–H groups in total. The van der Waals surface area contributed by atoms with Gasteiger partial charge in [-0.2, -0.15) is 5.26 Å². The molecule has 1 aliphatic carbocycles. The minimum atomic E-state index is -0.0998. The number of carbonyl (C=O) groups is 1. The monoisotopic (exact) mass is 275 g/mol. The minimum Gasteiger partial charge on any atom is -0.315 e. The molecular formula is C14H17N3OS. The lowest BCUT2D eigenvalue weighted by Crippen LogP contribution is -2.43. The maximum atomic E-state index is 12.2. The summed E-state index contributed by atoms with van der Waals surface area (Å²) in [6.07, 6.45) is 6.28. The van der Waals surface area contributed by atoms with E-state index >= 15 is 0 Å². The number of amides is 1. The van der Waals surface area contributed by atoms with E-state index in [1.54, 1.807) is 11.3 Å². The predicted octanol–water partition coefficient (Wildman–Crippen LogP) is 2.19. The van der Waals surface area contributed by atoms with Crippen LogP contribution in [0.3, 0.4) is 0 Å². The Morgan fingerprint density at radius 2 is 2.26 bits per heavy atom. The van der Waals surface area contributed by atoms with Crippen LogP contribution in [0, 0.1) is 11.3 Å². The molecule has 1 saturated heterocycles. The van der Waals surface area contributed by atoms with Crippen molar-refractivity contribution in [3.05, 3.63) is 16.0 Å². The number of thiophene rings is 1. The van der Waals surface area contributed by atoms with E-state index in [-0.39, 0.29) is 11.9 Å². The Morgan fingerprint density at radius 1 is 1.37 bits per heavy atom. The molecule has 1 aromatic rings. The maximum Gasteiger partial charge on any atom is 0.242 e. The molecule has 0 radical (unpaired) electrons. The molecule has 3 rings (SSSR count). The van der Waals surface area contributed by atoms with E-state index in [0.717, 1.165) is 50.1 Å². The van der Waals surface area contributed by atoms with Crippen molar-refractivity contribution in [3.63, 3.8) is 0 Å². The number of piperidine rings is 1. The van der Waals surface area contributed by atoms with E-state index in [2.05, 4.69) is 16.7 Å². The van der Waals surface area contributed by atoms with Gasteiger partial charge in [0.15, 0.2) is 0 Å². The van der Waals surface area contributed by atoms with Crippen molar-refractivity contribution in [1.82, 2.24) is 5.32 Å². The van der Waals surface area contributed by atoms with Crippen LogP contribution in [-0.2, 0) is 17.6 Å². The van der Waals surface area contributed by atoms with Crippen LogP contribution in [0.2, 0.25) is 0 Å². The largest absolute Gasteiger partial charge is 0.315 e. The van der Waals surface area contributed by atoms with Gasteiger partial charge < -0.3 is 10.6 Å². The Labute approximate surface area is 116 Å². The number of aryl methyl sites for hydroxylation is 1. The summed E-state index contributed by atoms with van der Waals surface area (Å²) in [5, 5.41) is 16.2. The van der Waals surface area contributed by atoms with Gasteiger partial charge >= 0.3 is 0 Å². The first-order chi connectivity index (χ1) is 9.29. The fourth-order valence-corrected chi connectivity index (χ4v) is 4.13. The number of nitriles is 1. The lowest BCUT2D eigenvalue weighted by molar-refractivity contribution is -0.118. The molecule has 0 unspecified atom stereocenters. The van der Waals surface area contributed by atoms with Crippen molar-refractivity contribution in [2.24, 2.45) is 0 Å². The van der Waals surface area contributed by atoms with Gasteiger partial charge in [0.05, 0.1) is 11.6 Å². The summed E-state index contributed by atoms with van der Waals surface area (Å²) >= 11 is 1.58. The number of hydrogen-bond acceptors (Lipinski definition) is 4. The maximum absolute atomic E-state index is 12.2. The Hall–Kier alpha value is -1.38. The third-order valence-corrected chi connectivity index (χ3v) is 5.10. The van der Waals surface area contributed by atoms with Crippen LogP contribution >= 0.6 is 11.3 Å². The van der Waals surface area contributed by atoms with Gasteiger partial charge in [-0.1, -0.05) is 6.42 Å². The van der Waals surface area contributed by atoms with Crippen LogP contribution in [-0.4, -0.2) is 18.5 Å². The average Bonchev–Trinajstić information content (AvgIpc) is 3.00. The van der Waals surface area contributed by atoms with E-state index in [0.29, 0.717) is 5.56 Å². The Morgan fingerprint density at radius 3 is 3.00 bits per heavy atom. The van der Waals surface area contributed by atoms with Gasteiger partial charge in [0.2, 0.25) is 5.91 Å². The first-order valence-electron chi connectivity index (χ1n) is 6.88. The summed E-state index contributed by atoms with van der Waals surface area (Å²) in [5.41, 5.74) is 1.86. The molecule has 1 fully saturated rings. The second kappa shape index (κ2) is 5.32. The Bertz CT molecular complexity index is 538. The van der Waals surface area contributed by atoms with Crippen LogP contribution in [0.5, 0.6) is 0 Å². The summed E-state index contributed by atoms with van der Waals surface area (Å²) < 4.78 is 0. The smallest absolute Gasteiger partial charge is 0.242 e. The topological polar surface area (TPSA) is 64.9 Å². The molecule has 1 aliphatic heterocycles. The molecule has 100 valence electrons. The molecule has 2 aliphatic rings. The fraction of sp³-hybridized carbons (Fsp3) is 0.571. The summed E-state index contributed by atoms with van der Waals surface area (Å²) in [6, 6.07) is 2.16. The zero-order valence-corrected chi connectivity index (χ0v) is 11.6. The summed E-state index contributed by atoms with van der Waals surface area (Å²) in [4.78, 5) is 13.5. The van der Waals surface area contributed by atoms with Gasteiger partial charge in [-0.25, -0.2) is 0 Å². The van der Waals surface area contributed by atoms with E-state index in [1.807, 2.05) is 0 Å². The second-order valence-electron chi connectivity index (χ2n) is 5.17. The lowest BCUT2D eigenvalue weighted by Gasteiger charge is -2.22. The van der Waals surface area contributed by atoms with E-state index < -0.39 is 0 Å². The minimum absolute atomic E-state index is 0.0103. The number of rotatable bonds is 2. The van der Waals surface area contributed by atoms with E-state index in [9.17, 15) is 10.1 Å². The molecule has 1 amide bonds. The summed E-state index contributed by atoms with van der Waals surface area (Å²) in [7, 11) is 0. The fourth-order valence-electron chi connectivity index (χ4n) is 2.89. The molecule has 5 heteroatoms. The molecular weight excluding hydrogens is 258 g/mol. The highest BCUT2D eigenvalue weighted by Crippen LogP contribution is 2.38. The van der Waals surface area contributed by atoms with Crippen LogP contribution < -0.4 is 10.6 Å².